The molecule has 0 saturated heterocycles. The van der Waals surface area contributed by atoms with Crippen molar-refractivity contribution in [1.82, 2.24) is 20.0 Å². The third-order valence-corrected chi connectivity index (χ3v) is 5.25. The largest absolute Gasteiger partial charge is 0.396 e. The van der Waals surface area contributed by atoms with Crippen LogP contribution >= 0.6 is 11.6 Å². The highest BCUT2D eigenvalue weighted by Crippen LogP contribution is 2.28. The summed E-state index contributed by atoms with van der Waals surface area (Å²) in [5.74, 6) is 0.361. The van der Waals surface area contributed by atoms with Crippen molar-refractivity contribution in [1.29, 1.82) is 0 Å². The van der Waals surface area contributed by atoms with E-state index in [9.17, 15) is 14.7 Å². The quantitative estimate of drug-likeness (QED) is 0.535. The maximum atomic E-state index is 13.3. The second kappa shape index (κ2) is 11.1. The van der Waals surface area contributed by atoms with E-state index >= 15 is 0 Å². The van der Waals surface area contributed by atoms with Crippen molar-refractivity contribution >= 4 is 23.9 Å². The lowest BCUT2D eigenvalue weighted by Crippen LogP contribution is -2.41. The van der Waals surface area contributed by atoms with Crippen LogP contribution < -0.4 is 5.32 Å². The van der Waals surface area contributed by atoms with Crippen LogP contribution in [0, 0.1) is 0 Å². The molecular formula is C21H31ClN4O3. The molecular weight excluding hydrogens is 392 g/mol. The molecule has 0 radical (unpaired) electrons. The van der Waals surface area contributed by atoms with Gasteiger partial charge in [-0.2, -0.15) is 0 Å². The smallest absolute Gasteiger partial charge is 0.273 e. The number of hydrogen-bond donors (Lipinski definition) is 2. The summed E-state index contributed by atoms with van der Waals surface area (Å²) in [5.41, 5.74) is 1.47. The van der Waals surface area contributed by atoms with Crippen LogP contribution in [0.2, 0.25) is 5.02 Å². The molecule has 1 aliphatic heterocycles. The highest BCUT2D eigenvalue weighted by atomic mass is 35.5. The number of rotatable bonds is 11. The Morgan fingerprint density at radius 1 is 1.28 bits per heavy atom. The third-order valence-electron chi connectivity index (χ3n) is 5.00. The summed E-state index contributed by atoms with van der Waals surface area (Å²) in [6, 6.07) is 7.49. The first kappa shape index (κ1) is 23.0. The molecule has 0 fully saturated rings. The Bertz CT molecular complexity index is 723. The minimum Gasteiger partial charge on any atom is -0.396 e. The van der Waals surface area contributed by atoms with Gasteiger partial charge in [0, 0.05) is 38.8 Å². The van der Waals surface area contributed by atoms with Crippen LogP contribution in [0.4, 0.5) is 0 Å². The number of nitrogens with one attached hydrogen (secondary N) is 1. The molecule has 8 heteroatoms. The first-order chi connectivity index (χ1) is 13.9. The van der Waals surface area contributed by atoms with Crippen LogP contribution in [0.3, 0.4) is 0 Å². The lowest BCUT2D eigenvalue weighted by atomic mass is 10.1. The lowest BCUT2D eigenvalue weighted by molar-refractivity contribution is -0.127. The molecule has 0 saturated carbocycles. The number of benzene rings is 1. The van der Waals surface area contributed by atoms with Crippen molar-refractivity contribution in [3.63, 3.8) is 0 Å². The number of amides is 2. The molecule has 1 heterocycles. The number of carbonyl (C=O) groups excluding carboxylic acids is 2. The summed E-state index contributed by atoms with van der Waals surface area (Å²) < 4.78 is 0. The zero-order chi connectivity index (χ0) is 21.4. The van der Waals surface area contributed by atoms with Gasteiger partial charge in [0.1, 0.15) is 17.7 Å². The van der Waals surface area contributed by atoms with Gasteiger partial charge in [-0.15, -0.1) is 0 Å². The van der Waals surface area contributed by atoms with Gasteiger partial charge in [0.2, 0.25) is 6.41 Å². The number of likely N-dealkylation sites (N-methyl/N-ethyl adjacent to an activating group) is 1. The number of nitrogens with zero attached hydrogens (tertiary/aromatic N) is 3. The monoisotopic (exact) mass is 422 g/mol. The predicted octanol–water partition coefficient (Wildman–Crippen LogP) is 2.36. The summed E-state index contributed by atoms with van der Waals surface area (Å²) in [5, 5.41) is 13.3. The van der Waals surface area contributed by atoms with Gasteiger partial charge in [-0.05, 0) is 37.0 Å². The van der Waals surface area contributed by atoms with Gasteiger partial charge in [-0.3, -0.25) is 9.59 Å². The van der Waals surface area contributed by atoms with Crippen LogP contribution in [-0.2, 0) is 16.1 Å². The maximum Gasteiger partial charge on any atom is 0.273 e. The van der Waals surface area contributed by atoms with Crippen molar-refractivity contribution in [2.75, 3.05) is 27.2 Å². The molecule has 1 aromatic rings. The summed E-state index contributed by atoms with van der Waals surface area (Å²) in [6.07, 6.45) is 3.61. The van der Waals surface area contributed by atoms with Crippen LogP contribution in [0.5, 0.6) is 0 Å². The average Bonchev–Trinajstić information content (AvgIpc) is 3.08. The number of aliphatic hydroxyl groups excluding tert-OH is 1. The van der Waals surface area contributed by atoms with E-state index in [1.165, 1.54) is 4.90 Å². The summed E-state index contributed by atoms with van der Waals surface area (Å²) >= 11 is 6.01. The van der Waals surface area contributed by atoms with Gasteiger partial charge < -0.3 is 25.1 Å². The highest BCUT2D eigenvalue weighted by Gasteiger charge is 2.37. The molecule has 7 nitrogen and oxygen atoms in total. The maximum absolute atomic E-state index is 13.3. The third kappa shape index (κ3) is 5.87. The fraction of sp³-hybridized carbons (Fsp3) is 0.524. The second-order valence-electron chi connectivity index (χ2n) is 7.27. The van der Waals surface area contributed by atoms with Crippen molar-refractivity contribution in [2.45, 2.75) is 45.3 Å². The van der Waals surface area contributed by atoms with Crippen molar-refractivity contribution < 1.29 is 14.7 Å². The lowest BCUT2D eigenvalue weighted by Gasteiger charge is -2.30. The normalized spacial score (nSPS) is 16.0. The number of aliphatic hydroxyl groups is 1. The van der Waals surface area contributed by atoms with E-state index in [1.54, 1.807) is 19.0 Å². The Balaban J connectivity index is 2.40. The van der Waals surface area contributed by atoms with Crippen LogP contribution in [0.15, 0.2) is 35.8 Å². The van der Waals surface area contributed by atoms with E-state index in [2.05, 4.69) is 12.2 Å². The molecule has 0 aromatic heterocycles. The molecule has 1 aliphatic rings. The van der Waals surface area contributed by atoms with Gasteiger partial charge in [0.05, 0.1) is 0 Å². The average molecular weight is 423 g/mol. The molecule has 160 valence electrons. The molecule has 29 heavy (non-hydrogen) atoms. The number of halogens is 1. The van der Waals surface area contributed by atoms with Crippen LogP contribution in [0.25, 0.3) is 0 Å². The van der Waals surface area contributed by atoms with Gasteiger partial charge in [0.15, 0.2) is 0 Å². The Labute approximate surface area is 177 Å². The number of unbranched alkanes of at least 4 members (excludes halogenated alkanes) is 1. The molecule has 2 N–H and O–H groups in total. The second-order valence-corrected chi connectivity index (χ2v) is 7.71. The van der Waals surface area contributed by atoms with Gasteiger partial charge in [-0.1, -0.05) is 37.1 Å². The molecule has 0 aliphatic carbocycles. The van der Waals surface area contributed by atoms with E-state index in [0.29, 0.717) is 48.9 Å². The minimum absolute atomic E-state index is 0.0610. The zero-order valence-electron chi connectivity index (χ0n) is 17.4. The number of hydrogen-bond acceptors (Lipinski definition) is 5. The molecule has 2 amide bonds. The fourth-order valence-corrected chi connectivity index (χ4v) is 3.43. The zero-order valence-corrected chi connectivity index (χ0v) is 18.2. The van der Waals surface area contributed by atoms with E-state index in [-0.39, 0.29) is 18.7 Å². The highest BCUT2D eigenvalue weighted by molar-refractivity contribution is 6.30. The van der Waals surface area contributed by atoms with Crippen molar-refractivity contribution in [3.8, 4) is 0 Å². The van der Waals surface area contributed by atoms with Crippen LogP contribution in [0.1, 0.15) is 38.2 Å². The SMILES string of the molecule is CCCCN(C)C(=O)C1=C(N(C)C=O)NC(CCCO)N1Cc1ccc(Cl)cc1. The molecule has 2 rings (SSSR count). The summed E-state index contributed by atoms with van der Waals surface area (Å²) in [7, 11) is 3.41. The summed E-state index contributed by atoms with van der Waals surface area (Å²) in [4.78, 5) is 29.9. The standard InChI is InChI=1S/C21H31ClN4O3/c1-4-5-12-24(2)21(29)19-20(25(3)15-28)23-18(7-6-13-27)26(19)14-16-8-10-17(22)11-9-16/h8-11,15,18,23,27H,4-7,12-14H2,1-3H3. The van der Waals surface area contributed by atoms with E-state index in [0.717, 1.165) is 18.4 Å². The molecule has 1 unspecified atom stereocenters. The fourth-order valence-electron chi connectivity index (χ4n) is 3.31. The predicted molar refractivity (Wildman–Crippen MR) is 114 cm³/mol. The molecule has 1 atom stereocenters. The van der Waals surface area contributed by atoms with Gasteiger partial charge >= 0.3 is 0 Å². The summed E-state index contributed by atoms with van der Waals surface area (Å²) in [6.45, 7) is 3.27. The van der Waals surface area contributed by atoms with Crippen molar-refractivity contribution in [2.24, 2.45) is 0 Å². The van der Waals surface area contributed by atoms with Crippen LogP contribution in [-0.4, -0.2) is 65.5 Å². The van der Waals surface area contributed by atoms with E-state index in [1.807, 2.05) is 29.2 Å². The minimum atomic E-state index is -0.200. The Morgan fingerprint density at radius 3 is 2.55 bits per heavy atom. The Morgan fingerprint density at radius 2 is 1.97 bits per heavy atom. The Hall–Kier alpha value is -2.25. The Kier molecular flexibility index (Phi) is 8.79. The van der Waals surface area contributed by atoms with E-state index < -0.39 is 0 Å². The first-order valence-corrected chi connectivity index (χ1v) is 10.4. The van der Waals surface area contributed by atoms with E-state index in [4.69, 9.17) is 11.6 Å². The molecule has 1 aromatic carbocycles. The molecule has 0 bridgehead atoms. The van der Waals surface area contributed by atoms with Gasteiger partial charge in [-0.25, -0.2) is 0 Å². The molecule has 0 spiro atoms. The number of carbonyl (C=O) groups is 2. The topological polar surface area (TPSA) is 76.1 Å². The van der Waals surface area contributed by atoms with Gasteiger partial charge in [0.25, 0.3) is 5.91 Å². The van der Waals surface area contributed by atoms with Crippen molar-refractivity contribution in [3.05, 3.63) is 46.4 Å². The first-order valence-electron chi connectivity index (χ1n) is 9.99.